The van der Waals surface area contributed by atoms with Crippen molar-refractivity contribution < 1.29 is 25.2 Å². The van der Waals surface area contributed by atoms with Crippen LogP contribution in [0.5, 0.6) is 0 Å². The molecule has 6 nitrogen and oxygen atoms in total. The van der Waals surface area contributed by atoms with Crippen molar-refractivity contribution in [3.63, 3.8) is 0 Å². The minimum atomic E-state index is -1.62. The van der Waals surface area contributed by atoms with Crippen LogP contribution in [0.4, 0.5) is 0 Å². The van der Waals surface area contributed by atoms with E-state index in [2.05, 4.69) is 0 Å². The first-order valence-electron chi connectivity index (χ1n) is 3.40. The van der Waals surface area contributed by atoms with Gasteiger partial charge in [-0.25, -0.2) is 0 Å². The number of hydrogen-bond acceptors (Lipinski definition) is 6. The van der Waals surface area contributed by atoms with Crippen molar-refractivity contribution in [1.29, 1.82) is 0 Å². The first kappa shape index (κ1) is 11.5. The van der Waals surface area contributed by atoms with E-state index in [1.54, 1.807) is 0 Å². The molecule has 0 aliphatic heterocycles. The Morgan fingerprint density at radius 3 is 2.08 bits per heavy atom. The summed E-state index contributed by atoms with van der Waals surface area (Å²) in [5.41, 5.74) is 5.04. The van der Waals surface area contributed by atoms with Crippen LogP contribution in [0.15, 0.2) is 0 Å². The maximum Gasteiger partial charge on any atom is 0.139 e. The maximum absolute atomic E-state index is 10.0. The highest BCUT2D eigenvalue weighted by Gasteiger charge is 2.28. The molecule has 0 aromatic carbocycles. The molecule has 6 heteroatoms. The van der Waals surface area contributed by atoms with Gasteiger partial charge in [-0.15, -0.1) is 0 Å². The Morgan fingerprint density at radius 1 is 1.25 bits per heavy atom. The van der Waals surface area contributed by atoms with Gasteiger partial charge in [-0.3, -0.25) is 0 Å². The molecule has 0 amide bonds. The lowest BCUT2D eigenvalue weighted by atomic mass is 10.1. The van der Waals surface area contributed by atoms with E-state index in [0.29, 0.717) is 0 Å². The summed E-state index contributed by atoms with van der Waals surface area (Å²) in [6.45, 7) is -0.705. The lowest BCUT2D eigenvalue weighted by Crippen LogP contribution is -2.49. The highest BCUT2D eigenvalue weighted by atomic mass is 16.4. The van der Waals surface area contributed by atoms with E-state index in [-0.39, 0.29) is 6.29 Å². The first-order chi connectivity index (χ1) is 5.54. The van der Waals surface area contributed by atoms with Gasteiger partial charge in [0.05, 0.1) is 12.6 Å². The fourth-order valence-electron chi connectivity index (χ4n) is 0.644. The van der Waals surface area contributed by atoms with Crippen LogP contribution in [0.2, 0.25) is 0 Å². The minimum absolute atomic E-state index is 0.248. The highest BCUT2D eigenvalue weighted by molar-refractivity contribution is 5.58. The van der Waals surface area contributed by atoms with Gasteiger partial charge < -0.3 is 31.0 Å². The lowest BCUT2D eigenvalue weighted by molar-refractivity contribution is -0.118. The molecule has 4 atom stereocenters. The summed E-state index contributed by atoms with van der Waals surface area (Å²) < 4.78 is 0. The summed E-state index contributed by atoms with van der Waals surface area (Å²) in [4.78, 5) is 10.0. The second kappa shape index (κ2) is 5.18. The smallest absolute Gasteiger partial charge is 0.139 e. The number of rotatable bonds is 5. The van der Waals surface area contributed by atoms with Gasteiger partial charge in [0, 0.05) is 0 Å². The Labute approximate surface area is 69.2 Å². The fraction of sp³-hybridized carbons (Fsp3) is 0.833. The molecule has 0 spiro atoms. The van der Waals surface area contributed by atoms with Gasteiger partial charge in [0.25, 0.3) is 0 Å². The molecule has 72 valence electrons. The lowest BCUT2D eigenvalue weighted by Gasteiger charge is -2.23. The second-order valence-corrected chi connectivity index (χ2v) is 2.44. The van der Waals surface area contributed by atoms with Gasteiger partial charge in [-0.1, -0.05) is 0 Å². The Kier molecular flexibility index (Phi) is 4.95. The first-order valence-corrected chi connectivity index (χ1v) is 3.40. The van der Waals surface area contributed by atoms with Crippen molar-refractivity contribution in [3.05, 3.63) is 0 Å². The zero-order valence-electron chi connectivity index (χ0n) is 6.37. The molecule has 0 saturated carbocycles. The van der Waals surface area contributed by atoms with Gasteiger partial charge in [-0.05, 0) is 0 Å². The highest BCUT2D eigenvalue weighted by Crippen LogP contribution is 2.01. The molecule has 6 N–H and O–H groups in total. The zero-order chi connectivity index (χ0) is 9.72. The molecule has 12 heavy (non-hydrogen) atoms. The summed E-state index contributed by atoms with van der Waals surface area (Å²) in [6.07, 6.45) is -4.43. The third-order valence-electron chi connectivity index (χ3n) is 1.48. The van der Waals surface area contributed by atoms with E-state index in [4.69, 9.17) is 26.2 Å². The number of aliphatic hydroxyl groups is 4. The van der Waals surface area contributed by atoms with E-state index in [9.17, 15) is 4.79 Å². The quantitative estimate of drug-likeness (QED) is 0.222. The summed E-state index contributed by atoms with van der Waals surface area (Å²) >= 11 is 0. The van der Waals surface area contributed by atoms with Crippen molar-refractivity contribution in [2.75, 3.05) is 6.61 Å². The Bertz CT molecular complexity index is 142. The van der Waals surface area contributed by atoms with Crippen LogP contribution in [0.25, 0.3) is 0 Å². The molecule has 0 aromatic rings. The fourth-order valence-corrected chi connectivity index (χ4v) is 0.644. The zero-order valence-corrected chi connectivity index (χ0v) is 6.37. The van der Waals surface area contributed by atoms with Crippen LogP contribution in [-0.2, 0) is 4.79 Å². The van der Waals surface area contributed by atoms with Gasteiger partial charge >= 0.3 is 0 Å². The average molecular weight is 180 g/mol. The second-order valence-electron chi connectivity index (χ2n) is 2.44. The molecule has 0 saturated heterocycles. The summed E-state index contributed by atoms with van der Waals surface area (Å²) in [5, 5.41) is 35.2. The largest absolute Gasteiger partial charge is 0.394 e. The van der Waals surface area contributed by atoms with Crippen molar-refractivity contribution in [2.24, 2.45) is 5.73 Å². The number of hydrogen-bond donors (Lipinski definition) is 5. The van der Waals surface area contributed by atoms with Crippen LogP contribution in [0, 0.1) is 0 Å². The Balaban J connectivity index is 4.07. The van der Waals surface area contributed by atoms with Crippen molar-refractivity contribution in [3.8, 4) is 0 Å². The summed E-state index contributed by atoms with van der Waals surface area (Å²) in [6, 6.07) is -1.26. The minimum Gasteiger partial charge on any atom is -0.394 e. The molecule has 0 unspecified atom stereocenters. The third-order valence-corrected chi connectivity index (χ3v) is 1.48. The van der Waals surface area contributed by atoms with Gasteiger partial charge in [-0.2, -0.15) is 0 Å². The molecule has 0 heterocycles. The van der Waals surface area contributed by atoms with E-state index in [1.807, 2.05) is 0 Å². The molecule has 0 aliphatic rings. The molecular weight excluding hydrogens is 167 g/mol. The summed E-state index contributed by atoms with van der Waals surface area (Å²) in [7, 11) is 0. The predicted molar refractivity (Wildman–Crippen MR) is 39.1 cm³/mol. The van der Waals surface area contributed by atoms with Crippen LogP contribution in [0.3, 0.4) is 0 Å². The van der Waals surface area contributed by atoms with Crippen molar-refractivity contribution in [1.82, 2.24) is 0 Å². The third kappa shape index (κ3) is 2.84. The number of carbonyl (C=O) groups is 1. The molecular formula is C6H13NO5. The van der Waals surface area contributed by atoms with Crippen LogP contribution in [0.1, 0.15) is 0 Å². The average Bonchev–Trinajstić information content (AvgIpc) is 2.12. The predicted octanol–water partition coefficient (Wildman–Crippen LogP) is -3.41. The van der Waals surface area contributed by atoms with Gasteiger partial charge in [0.15, 0.2) is 0 Å². The van der Waals surface area contributed by atoms with E-state index in [1.165, 1.54) is 0 Å². The monoisotopic (exact) mass is 180 g/mol. The number of carbonyl (C=O) groups excluding carboxylic acids is 1. The van der Waals surface area contributed by atoms with E-state index < -0.39 is 31.0 Å². The van der Waals surface area contributed by atoms with Gasteiger partial charge in [0.2, 0.25) is 0 Å². The maximum atomic E-state index is 10.0. The SMILES string of the molecule is N[13C@@H](C=O)[C@@H](O)[C@H](O)[C@H](O)CO. The Hall–Kier alpha value is -0.530. The topological polar surface area (TPSA) is 124 Å². The van der Waals surface area contributed by atoms with Crippen molar-refractivity contribution >= 4 is 6.29 Å². The van der Waals surface area contributed by atoms with Crippen LogP contribution < -0.4 is 5.73 Å². The molecule has 0 radical (unpaired) electrons. The normalized spacial score (nSPS) is 21.1. The number of aldehydes is 1. The van der Waals surface area contributed by atoms with Crippen LogP contribution >= 0.6 is 0 Å². The molecule has 0 bridgehead atoms. The van der Waals surface area contributed by atoms with E-state index in [0.717, 1.165) is 0 Å². The van der Waals surface area contributed by atoms with Crippen LogP contribution in [-0.4, -0.2) is 57.7 Å². The summed E-state index contributed by atoms with van der Waals surface area (Å²) in [5.74, 6) is 0. The van der Waals surface area contributed by atoms with Crippen molar-refractivity contribution in [2.45, 2.75) is 24.4 Å². The Morgan fingerprint density at radius 2 is 1.75 bits per heavy atom. The molecule has 0 fully saturated rings. The number of nitrogens with two attached hydrogens (primary N) is 1. The van der Waals surface area contributed by atoms with Gasteiger partial charge in [0.1, 0.15) is 24.6 Å². The molecule has 0 aliphatic carbocycles. The van der Waals surface area contributed by atoms with E-state index >= 15 is 0 Å². The molecule has 0 aromatic heterocycles. The number of aliphatic hydroxyl groups excluding tert-OH is 4. The molecule has 0 rings (SSSR count). The standard InChI is InChI=1S/C6H13NO5/c7-3(1-8)5(11)6(12)4(10)2-9/h1,3-6,9-12H,2,7H2/t3-,4+,5+,6+/m0/s1/i3+1.